The van der Waals surface area contributed by atoms with Gasteiger partial charge in [-0.3, -0.25) is 0 Å². The van der Waals surface area contributed by atoms with Gasteiger partial charge >= 0.3 is 0 Å². The number of furan rings is 1. The van der Waals surface area contributed by atoms with Gasteiger partial charge in [0.15, 0.2) is 0 Å². The van der Waals surface area contributed by atoms with E-state index in [0.717, 1.165) is 44.5 Å². The second-order valence-corrected chi connectivity index (χ2v) is 14.3. The van der Waals surface area contributed by atoms with Crippen LogP contribution in [0.2, 0.25) is 0 Å². The summed E-state index contributed by atoms with van der Waals surface area (Å²) >= 11 is 0. The Hall–Kier alpha value is -6.52. The maximum Gasteiger partial charge on any atom is 0.143 e. The zero-order valence-corrected chi connectivity index (χ0v) is 28.2. The second-order valence-electron chi connectivity index (χ2n) is 14.3. The molecule has 4 aliphatic rings. The number of aromatic nitrogens is 1. The fourth-order valence-electron chi connectivity index (χ4n) is 9.45. The first-order chi connectivity index (χ1) is 25.8. The highest BCUT2D eigenvalue weighted by molar-refractivity contribution is 6.11. The monoisotopic (exact) mass is 668 g/mol. The number of ether oxygens (including phenoxy) is 1. The van der Waals surface area contributed by atoms with Gasteiger partial charge in [-0.25, -0.2) is 0 Å². The van der Waals surface area contributed by atoms with E-state index < -0.39 is 0 Å². The molecule has 0 amide bonds. The van der Waals surface area contributed by atoms with Crippen molar-refractivity contribution in [2.24, 2.45) is 0 Å². The van der Waals surface area contributed by atoms with Crippen LogP contribution in [0.3, 0.4) is 0 Å². The SMILES string of the molecule is C1=CC2c3cc(N4c5ccccc5C5C=CC=CC54)ccc3OC2C(c2cccc3c2oc2ccc(-n4c5ccccc5c5ccccc54)cc23)=C1. The number of allylic oxidation sites excluding steroid dienone is 4. The molecule has 12 rings (SSSR count). The molecular formula is C48H32N2O2. The highest BCUT2D eigenvalue weighted by Crippen LogP contribution is 2.52. The molecule has 52 heavy (non-hydrogen) atoms. The topological polar surface area (TPSA) is 30.5 Å². The van der Waals surface area contributed by atoms with Crippen LogP contribution in [-0.2, 0) is 0 Å². The van der Waals surface area contributed by atoms with Crippen LogP contribution < -0.4 is 9.64 Å². The number of hydrogen-bond donors (Lipinski definition) is 0. The van der Waals surface area contributed by atoms with Gasteiger partial charge in [0, 0.05) is 67.1 Å². The van der Waals surface area contributed by atoms with Crippen molar-refractivity contribution in [1.29, 1.82) is 0 Å². The Balaban J connectivity index is 0.937. The molecule has 0 saturated heterocycles. The molecule has 6 aromatic carbocycles. The lowest BCUT2D eigenvalue weighted by Crippen LogP contribution is -2.28. The summed E-state index contributed by atoms with van der Waals surface area (Å²) in [5, 5.41) is 4.73. The first-order valence-corrected chi connectivity index (χ1v) is 18.2. The normalized spacial score (nSPS) is 21.1. The van der Waals surface area contributed by atoms with E-state index in [4.69, 9.17) is 9.15 Å². The molecule has 0 N–H and O–H groups in total. The summed E-state index contributed by atoms with van der Waals surface area (Å²) in [6, 6.07) is 46.2. The zero-order chi connectivity index (χ0) is 33.9. The molecule has 0 radical (unpaired) electrons. The third-order valence-electron chi connectivity index (χ3n) is 11.7. The Labute approximate surface area is 300 Å². The van der Waals surface area contributed by atoms with Crippen molar-refractivity contribution in [3.63, 3.8) is 0 Å². The molecule has 8 aromatic rings. The third kappa shape index (κ3) is 3.81. The molecule has 4 heteroatoms. The molecule has 0 fully saturated rings. The lowest BCUT2D eigenvalue weighted by molar-refractivity contribution is 0.278. The van der Waals surface area contributed by atoms with Crippen molar-refractivity contribution in [2.45, 2.75) is 24.0 Å². The quantitative estimate of drug-likeness (QED) is 0.188. The van der Waals surface area contributed by atoms with Gasteiger partial charge in [0.2, 0.25) is 0 Å². The Morgan fingerprint density at radius 2 is 1.29 bits per heavy atom. The molecule has 2 aliphatic carbocycles. The zero-order valence-electron chi connectivity index (χ0n) is 28.2. The molecule has 4 unspecified atom stereocenters. The number of hydrogen-bond acceptors (Lipinski definition) is 3. The summed E-state index contributed by atoms with van der Waals surface area (Å²) in [6.07, 6.45) is 15.6. The van der Waals surface area contributed by atoms with Gasteiger partial charge in [0.25, 0.3) is 0 Å². The predicted molar refractivity (Wildman–Crippen MR) is 212 cm³/mol. The molecule has 4 atom stereocenters. The van der Waals surface area contributed by atoms with Crippen molar-refractivity contribution in [3.05, 3.63) is 187 Å². The van der Waals surface area contributed by atoms with Crippen LogP contribution in [0.25, 0.3) is 55.0 Å². The molecule has 0 bridgehead atoms. The lowest BCUT2D eigenvalue weighted by Gasteiger charge is -2.29. The van der Waals surface area contributed by atoms with Crippen LogP contribution >= 0.6 is 0 Å². The Kier molecular flexibility index (Phi) is 5.70. The minimum absolute atomic E-state index is 0.104. The summed E-state index contributed by atoms with van der Waals surface area (Å²) in [7, 11) is 0. The van der Waals surface area contributed by atoms with Gasteiger partial charge in [-0.1, -0.05) is 115 Å². The van der Waals surface area contributed by atoms with E-state index >= 15 is 0 Å². The molecule has 2 aromatic heterocycles. The number of nitrogens with zero attached hydrogens (tertiary/aromatic N) is 2. The van der Waals surface area contributed by atoms with Crippen molar-refractivity contribution in [2.75, 3.05) is 4.90 Å². The van der Waals surface area contributed by atoms with Crippen LogP contribution in [0.1, 0.15) is 28.5 Å². The van der Waals surface area contributed by atoms with E-state index in [1.54, 1.807) is 0 Å². The highest BCUT2D eigenvalue weighted by atomic mass is 16.5. The molecule has 0 saturated carbocycles. The molecule has 246 valence electrons. The largest absolute Gasteiger partial charge is 0.484 e. The Morgan fingerprint density at radius 1 is 0.538 bits per heavy atom. The minimum Gasteiger partial charge on any atom is -0.484 e. The van der Waals surface area contributed by atoms with Gasteiger partial charge in [0.1, 0.15) is 23.0 Å². The average Bonchev–Trinajstić information content (AvgIpc) is 3.95. The number of benzene rings is 6. The van der Waals surface area contributed by atoms with E-state index in [0.29, 0.717) is 5.92 Å². The van der Waals surface area contributed by atoms with Crippen molar-refractivity contribution in [1.82, 2.24) is 4.57 Å². The van der Waals surface area contributed by atoms with Crippen molar-refractivity contribution in [3.8, 4) is 11.4 Å². The number of rotatable bonds is 3. The molecule has 2 aliphatic heterocycles. The fraction of sp³-hybridized carbons (Fsp3) is 0.0833. The van der Waals surface area contributed by atoms with Gasteiger partial charge in [-0.2, -0.15) is 0 Å². The van der Waals surface area contributed by atoms with Crippen LogP contribution in [0.15, 0.2) is 174 Å². The smallest absolute Gasteiger partial charge is 0.143 e. The van der Waals surface area contributed by atoms with Gasteiger partial charge in [-0.15, -0.1) is 0 Å². The number of fused-ring (bicyclic) bond motifs is 12. The van der Waals surface area contributed by atoms with E-state index in [9.17, 15) is 0 Å². The van der Waals surface area contributed by atoms with Crippen LogP contribution in [0.4, 0.5) is 11.4 Å². The second kappa shape index (κ2) is 10.5. The van der Waals surface area contributed by atoms with E-state index in [-0.39, 0.29) is 18.1 Å². The number of anilines is 2. The molecule has 4 heterocycles. The first-order valence-electron chi connectivity index (χ1n) is 18.2. The fourth-order valence-corrected chi connectivity index (χ4v) is 9.45. The molecular weight excluding hydrogens is 637 g/mol. The first kappa shape index (κ1) is 28.2. The van der Waals surface area contributed by atoms with Crippen molar-refractivity contribution >= 4 is 60.7 Å². The van der Waals surface area contributed by atoms with Crippen molar-refractivity contribution < 1.29 is 9.15 Å². The highest BCUT2D eigenvalue weighted by Gasteiger charge is 2.41. The Bertz CT molecular complexity index is 2880. The summed E-state index contributed by atoms with van der Waals surface area (Å²) < 4.78 is 15.9. The maximum atomic E-state index is 6.84. The van der Waals surface area contributed by atoms with Gasteiger partial charge in [-0.05, 0) is 60.2 Å². The van der Waals surface area contributed by atoms with Crippen LogP contribution in [0, 0.1) is 0 Å². The van der Waals surface area contributed by atoms with E-state index in [1.165, 1.54) is 44.3 Å². The van der Waals surface area contributed by atoms with Crippen LogP contribution in [0.5, 0.6) is 5.75 Å². The Morgan fingerprint density at radius 3 is 2.17 bits per heavy atom. The van der Waals surface area contributed by atoms with Crippen LogP contribution in [-0.4, -0.2) is 16.7 Å². The lowest BCUT2D eigenvalue weighted by atomic mass is 9.84. The third-order valence-corrected chi connectivity index (χ3v) is 11.7. The van der Waals surface area contributed by atoms with Gasteiger partial charge < -0.3 is 18.6 Å². The predicted octanol–water partition coefficient (Wildman–Crippen LogP) is 11.9. The summed E-state index contributed by atoms with van der Waals surface area (Å²) in [4.78, 5) is 2.50. The molecule has 0 spiro atoms. The number of para-hydroxylation sites is 4. The minimum atomic E-state index is -0.140. The maximum absolute atomic E-state index is 6.84. The summed E-state index contributed by atoms with van der Waals surface area (Å²) in [5.74, 6) is 1.41. The van der Waals surface area contributed by atoms with E-state index in [2.05, 4.69) is 179 Å². The van der Waals surface area contributed by atoms with E-state index in [1.807, 2.05) is 0 Å². The van der Waals surface area contributed by atoms with Gasteiger partial charge in [0.05, 0.1) is 17.1 Å². The standard InChI is InChI=1S/C48H32N2O2/c1-5-19-41-31(11-1)32-12-2-6-20-42(32)49(41)29-23-25-45-39(27-29)37-17-9-15-35(47(37)51-45)36-16-10-18-38-40-28-30(24-26-46(40)52-48(36)38)50-43-21-7-3-13-33(43)34-14-4-8-22-44(34)50/h1-28,31,37,41,47H. The summed E-state index contributed by atoms with van der Waals surface area (Å²) in [5.41, 5.74) is 12.6. The molecule has 4 nitrogen and oxygen atoms in total. The average molecular weight is 669 g/mol. The summed E-state index contributed by atoms with van der Waals surface area (Å²) in [6.45, 7) is 0.